The van der Waals surface area contributed by atoms with Gasteiger partial charge in [0.1, 0.15) is 0 Å². The van der Waals surface area contributed by atoms with Crippen LogP contribution in [0.1, 0.15) is 0 Å². The standard InChI is InChI=1S/Al.H2O4S.Zn.3H/c;1-5(2,3)4;;;;/h;(H2,1,2,3,4);;;;. The molecule has 7 heavy (non-hydrogen) atoms. The van der Waals surface area contributed by atoms with Crippen LogP contribution in [0.25, 0.3) is 0 Å². The molecule has 40 valence electrons. The maximum Gasteiger partial charge on any atom is 0.394 e. The van der Waals surface area contributed by atoms with Crippen LogP contribution in [-0.4, -0.2) is 34.9 Å². The van der Waals surface area contributed by atoms with Crippen molar-refractivity contribution in [1.29, 1.82) is 0 Å². The molecule has 0 rings (SSSR count). The average molecular weight is 193 g/mol. The number of hydrogen-bond donors (Lipinski definition) is 2. The van der Waals surface area contributed by atoms with Crippen LogP contribution in [0.4, 0.5) is 0 Å². The molecule has 0 aromatic carbocycles. The fourth-order valence-electron chi connectivity index (χ4n) is 0. The summed E-state index contributed by atoms with van der Waals surface area (Å²) in [5, 5.41) is 0. The summed E-state index contributed by atoms with van der Waals surface area (Å²) >= 11 is 0. The van der Waals surface area contributed by atoms with Gasteiger partial charge in [-0.15, -0.1) is 0 Å². The normalized spacial score (nSPS) is 8.29. The molecule has 0 spiro atoms. The summed E-state index contributed by atoms with van der Waals surface area (Å²) in [4.78, 5) is 0. The second-order valence-corrected chi connectivity index (χ2v) is 1.34. The van der Waals surface area contributed by atoms with Gasteiger partial charge in [0, 0.05) is 19.5 Å². The van der Waals surface area contributed by atoms with E-state index in [0.29, 0.717) is 0 Å². The zero-order valence-electron chi connectivity index (χ0n) is 2.83. The van der Waals surface area contributed by atoms with Crippen molar-refractivity contribution in [2.75, 3.05) is 0 Å². The number of rotatable bonds is 0. The van der Waals surface area contributed by atoms with E-state index in [9.17, 15) is 0 Å². The predicted octanol–water partition coefficient (Wildman–Crippen LogP) is -1.84. The summed E-state index contributed by atoms with van der Waals surface area (Å²) in [5.74, 6) is 0. The van der Waals surface area contributed by atoms with Crippen LogP contribution < -0.4 is 0 Å². The van der Waals surface area contributed by atoms with E-state index in [0.717, 1.165) is 0 Å². The van der Waals surface area contributed by atoms with Gasteiger partial charge < -0.3 is 0 Å². The third kappa shape index (κ3) is 169. The number of hydrogen-bond acceptors (Lipinski definition) is 2. The average Bonchev–Trinajstić information content (AvgIpc) is 0.722. The van der Waals surface area contributed by atoms with E-state index in [4.69, 9.17) is 17.5 Å². The molecule has 0 radical (unpaired) electrons. The summed E-state index contributed by atoms with van der Waals surface area (Å²) in [7, 11) is -4.67. The van der Waals surface area contributed by atoms with Gasteiger partial charge >= 0.3 is 10.4 Å². The fourth-order valence-corrected chi connectivity index (χ4v) is 0. The molecule has 0 aliphatic heterocycles. The van der Waals surface area contributed by atoms with Crippen molar-refractivity contribution >= 4 is 27.8 Å². The first kappa shape index (κ1) is 15.7. The first-order valence-electron chi connectivity index (χ1n) is 0.698. The molecule has 0 atom stereocenters. The van der Waals surface area contributed by atoms with Gasteiger partial charge in [-0.1, -0.05) is 0 Å². The van der Waals surface area contributed by atoms with Gasteiger partial charge in [0.25, 0.3) is 0 Å². The molecule has 0 fully saturated rings. The SMILES string of the molecule is O=S(=O)(O)O.[AlH3].[Zn]. The van der Waals surface area contributed by atoms with Crippen LogP contribution >= 0.6 is 0 Å². The van der Waals surface area contributed by atoms with Gasteiger partial charge in [-0.05, 0) is 0 Å². The second kappa shape index (κ2) is 5.17. The Kier molecular flexibility index (Phi) is 11.6. The van der Waals surface area contributed by atoms with E-state index >= 15 is 0 Å². The molecule has 2 N–H and O–H groups in total. The van der Waals surface area contributed by atoms with Crippen molar-refractivity contribution in [3.63, 3.8) is 0 Å². The van der Waals surface area contributed by atoms with E-state index in [1.165, 1.54) is 0 Å². The maximum absolute atomic E-state index is 8.74. The van der Waals surface area contributed by atoms with Crippen molar-refractivity contribution in [3.05, 3.63) is 0 Å². The molecule has 0 aromatic heterocycles. The minimum absolute atomic E-state index is 0. The molecule has 0 amide bonds. The van der Waals surface area contributed by atoms with Crippen LogP contribution in [0, 0.1) is 0 Å². The molecule has 0 unspecified atom stereocenters. The fraction of sp³-hybridized carbons (Fsp3) is 0. The molecule has 0 bridgehead atoms. The summed E-state index contributed by atoms with van der Waals surface area (Å²) < 4.78 is 31.6. The van der Waals surface area contributed by atoms with Crippen molar-refractivity contribution in [1.82, 2.24) is 0 Å². The molecular formula is H5AlO4SZn. The Morgan fingerprint density at radius 2 is 1.14 bits per heavy atom. The smallest absolute Gasteiger partial charge is 0.264 e. The Bertz CT molecular complexity index is 94.9. The van der Waals surface area contributed by atoms with Crippen LogP contribution in [0.3, 0.4) is 0 Å². The monoisotopic (exact) mass is 192 g/mol. The summed E-state index contributed by atoms with van der Waals surface area (Å²) in [6, 6.07) is 0. The first-order valence-corrected chi connectivity index (χ1v) is 2.10. The first-order chi connectivity index (χ1) is 2.00. The summed E-state index contributed by atoms with van der Waals surface area (Å²) in [6.07, 6.45) is 0. The minimum atomic E-state index is -4.67. The topological polar surface area (TPSA) is 74.6 Å². The van der Waals surface area contributed by atoms with E-state index in [2.05, 4.69) is 0 Å². The molecule has 4 nitrogen and oxygen atoms in total. The van der Waals surface area contributed by atoms with Gasteiger partial charge in [0.15, 0.2) is 17.4 Å². The van der Waals surface area contributed by atoms with Gasteiger partial charge in [-0.3, -0.25) is 9.11 Å². The second-order valence-electron chi connectivity index (χ2n) is 0.448. The van der Waals surface area contributed by atoms with Gasteiger partial charge in [-0.2, -0.15) is 8.42 Å². The molecule has 0 heterocycles. The molecule has 0 aliphatic rings. The molecule has 0 aromatic rings. The zero-order valence-corrected chi connectivity index (χ0v) is 6.61. The van der Waals surface area contributed by atoms with E-state index in [-0.39, 0.29) is 36.8 Å². The van der Waals surface area contributed by atoms with Crippen LogP contribution in [0.5, 0.6) is 0 Å². The zero-order chi connectivity index (χ0) is 4.50. The molecule has 0 saturated heterocycles. The van der Waals surface area contributed by atoms with Crippen molar-refractivity contribution in [2.45, 2.75) is 0 Å². The van der Waals surface area contributed by atoms with Crippen LogP contribution in [0.15, 0.2) is 0 Å². The van der Waals surface area contributed by atoms with Crippen molar-refractivity contribution < 1.29 is 37.0 Å². The predicted molar refractivity (Wildman–Crippen MR) is 24.1 cm³/mol. The molecule has 7 heteroatoms. The van der Waals surface area contributed by atoms with Gasteiger partial charge in [0.05, 0.1) is 0 Å². The van der Waals surface area contributed by atoms with Crippen LogP contribution in [0.2, 0.25) is 0 Å². The Balaban J connectivity index is -0.0000000800. The summed E-state index contributed by atoms with van der Waals surface area (Å²) in [6.45, 7) is 0. The molecule has 0 aliphatic carbocycles. The Morgan fingerprint density at radius 1 is 1.14 bits per heavy atom. The maximum atomic E-state index is 8.74. The van der Waals surface area contributed by atoms with Crippen LogP contribution in [-0.2, 0) is 29.9 Å². The summed E-state index contributed by atoms with van der Waals surface area (Å²) in [5.41, 5.74) is 0. The largest absolute Gasteiger partial charge is 0.394 e. The third-order valence-corrected chi connectivity index (χ3v) is 0. The third-order valence-electron chi connectivity index (χ3n) is 0. The van der Waals surface area contributed by atoms with E-state index in [1.807, 2.05) is 0 Å². The van der Waals surface area contributed by atoms with Gasteiger partial charge in [-0.25, -0.2) is 0 Å². The van der Waals surface area contributed by atoms with Crippen molar-refractivity contribution in [3.8, 4) is 0 Å². The Hall–Kier alpha value is 1.03. The van der Waals surface area contributed by atoms with Crippen molar-refractivity contribution in [2.24, 2.45) is 0 Å². The van der Waals surface area contributed by atoms with Gasteiger partial charge in [0.2, 0.25) is 0 Å². The molecular weight excluding hydrogens is 188 g/mol. The Labute approximate surface area is 64.8 Å². The van der Waals surface area contributed by atoms with E-state index < -0.39 is 10.4 Å². The quantitative estimate of drug-likeness (QED) is 0.350. The molecule has 0 saturated carbocycles. The van der Waals surface area contributed by atoms with E-state index in [1.54, 1.807) is 0 Å². The Morgan fingerprint density at radius 3 is 1.14 bits per heavy atom. The minimum Gasteiger partial charge on any atom is -0.264 e.